The molecule has 4 nitrogen and oxygen atoms in total. The van der Waals surface area contributed by atoms with Crippen LogP contribution in [-0.2, 0) is 11.2 Å². The highest BCUT2D eigenvalue weighted by Gasteiger charge is 2.08. The van der Waals surface area contributed by atoms with Gasteiger partial charge in [-0.2, -0.15) is 0 Å². The molecule has 0 aliphatic carbocycles. The van der Waals surface area contributed by atoms with Crippen molar-refractivity contribution in [2.75, 3.05) is 5.32 Å². The first-order chi connectivity index (χ1) is 8.56. The number of nitrogens with zero attached hydrogens (tertiary/aromatic N) is 1. The van der Waals surface area contributed by atoms with Crippen molar-refractivity contribution in [2.45, 2.75) is 20.3 Å². The third kappa shape index (κ3) is 2.87. The summed E-state index contributed by atoms with van der Waals surface area (Å²) >= 11 is 1.42. The fraction of sp³-hybridized carbons (Fsp3) is 0.231. The Morgan fingerprint density at radius 1 is 1.39 bits per heavy atom. The van der Waals surface area contributed by atoms with Crippen LogP contribution in [0.3, 0.4) is 0 Å². The topological polar surface area (TPSA) is 62.2 Å². The van der Waals surface area contributed by atoms with Crippen molar-refractivity contribution in [3.8, 4) is 0 Å². The number of thiazole rings is 1. The maximum atomic E-state index is 10.6. The van der Waals surface area contributed by atoms with Gasteiger partial charge in [-0.1, -0.05) is 18.2 Å². The molecule has 0 spiro atoms. The first-order valence-electron chi connectivity index (χ1n) is 5.55. The van der Waals surface area contributed by atoms with E-state index in [1.54, 1.807) is 5.38 Å². The largest absolute Gasteiger partial charge is 0.481 e. The predicted molar refractivity (Wildman–Crippen MR) is 72.7 cm³/mol. The van der Waals surface area contributed by atoms with Crippen LogP contribution in [0.15, 0.2) is 23.6 Å². The van der Waals surface area contributed by atoms with Gasteiger partial charge in [0.2, 0.25) is 0 Å². The number of nitrogens with one attached hydrogen (secondary N) is 1. The predicted octanol–water partition coefficient (Wildman–Crippen LogP) is 3.13. The summed E-state index contributed by atoms with van der Waals surface area (Å²) in [5, 5.41) is 14.4. The molecule has 94 valence electrons. The maximum Gasteiger partial charge on any atom is 0.309 e. The first kappa shape index (κ1) is 12.6. The minimum Gasteiger partial charge on any atom is -0.481 e. The number of para-hydroxylation sites is 1. The lowest BCUT2D eigenvalue weighted by Crippen LogP contribution is -2.01. The van der Waals surface area contributed by atoms with Crippen molar-refractivity contribution in [2.24, 2.45) is 0 Å². The van der Waals surface area contributed by atoms with Gasteiger partial charge < -0.3 is 10.4 Å². The zero-order valence-corrected chi connectivity index (χ0v) is 11.0. The van der Waals surface area contributed by atoms with Crippen LogP contribution in [0.5, 0.6) is 0 Å². The fourth-order valence-corrected chi connectivity index (χ4v) is 2.43. The van der Waals surface area contributed by atoms with E-state index in [0.29, 0.717) is 5.69 Å². The average Bonchev–Trinajstić information content (AvgIpc) is 2.70. The van der Waals surface area contributed by atoms with Gasteiger partial charge in [0, 0.05) is 11.1 Å². The number of carbonyl (C=O) groups is 1. The zero-order chi connectivity index (χ0) is 13.1. The van der Waals surface area contributed by atoms with Gasteiger partial charge in [-0.05, 0) is 25.0 Å². The van der Waals surface area contributed by atoms with Crippen molar-refractivity contribution in [3.63, 3.8) is 0 Å². The molecule has 0 saturated carbocycles. The molecule has 1 aromatic carbocycles. The molecule has 18 heavy (non-hydrogen) atoms. The first-order valence-corrected chi connectivity index (χ1v) is 6.43. The molecule has 5 heteroatoms. The third-order valence-corrected chi connectivity index (χ3v) is 3.40. The molecule has 1 heterocycles. The smallest absolute Gasteiger partial charge is 0.309 e. The number of aromatic nitrogens is 1. The number of aliphatic carboxylic acids is 1. The Balaban J connectivity index is 2.19. The maximum absolute atomic E-state index is 10.6. The SMILES string of the molecule is Cc1cccc(C)c1Nc1nc(CC(=O)O)cs1. The van der Waals surface area contributed by atoms with Gasteiger partial charge in [-0.15, -0.1) is 11.3 Å². The van der Waals surface area contributed by atoms with Crippen LogP contribution in [0, 0.1) is 13.8 Å². The molecule has 0 radical (unpaired) electrons. The van der Waals surface area contributed by atoms with Crippen molar-refractivity contribution in [1.82, 2.24) is 4.98 Å². The molecule has 2 rings (SSSR count). The summed E-state index contributed by atoms with van der Waals surface area (Å²) < 4.78 is 0. The van der Waals surface area contributed by atoms with Gasteiger partial charge in [0.1, 0.15) is 0 Å². The molecule has 1 aromatic heterocycles. The van der Waals surface area contributed by atoms with Gasteiger partial charge in [-0.3, -0.25) is 4.79 Å². The quantitative estimate of drug-likeness (QED) is 0.888. The van der Waals surface area contributed by atoms with Crippen LogP contribution in [0.25, 0.3) is 0 Å². The van der Waals surface area contributed by atoms with Crippen LogP contribution in [0.2, 0.25) is 0 Å². The van der Waals surface area contributed by atoms with E-state index < -0.39 is 5.97 Å². The molecule has 0 aliphatic rings. The normalized spacial score (nSPS) is 10.3. The molecule has 2 aromatic rings. The van der Waals surface area contributed by atoms with Crippen LogP contribution in [-0.4, -0.2) is 16.1 Å². The van der Waals surface area contributed by atoms with E-state index in [1.165, 1.54) is 11.3 Å². The van der Waals surface area contributed by atoms with E-state index in [9.17, 15) is 4.79 Å². The number of anilines is 2. The Kier molecular flexibility index (Phi) is 3.62. The Bertz CT molecular complexity index is 558. The summed E-state index contributed by atoms with van der Waals surface area (Å²) in [7, 11) is 0. The van der Waals surface area contributed by atoms with Gasteiger partial charge >= 0.3 is 5.97 Å². The number of aryl methyl sites for hydroxylation is 2. The minimum absolute atomic E-state index is 0.0368. The van der Waals surface area contributed by atoms with Gasteiger partial charge in [-0.25, -0.2) is 4.98 Å². The van der Waals surface area contributed by atoms with Gasteiger partial charge in [0.25, 0.3) is 0 Å². The molecule has 0 amide bonds. The summed E-state index contributed by atoms with van der Waals surface area (Å²) in [6.45, 7) is 4.06. The fourth-order valence-electron chi connectivity index (χ4n) is 1.72. The summed E-state index contributed by atoms with van der Waals surface area (Å²) in [6.07, 6.45) is -0.0368. The highest BCUT2D eigenvalue weighted by Crippen LogP contribution is 2.26. The lowest BCUT2D eigenvalue weighted by Gasteiger charge is -2.09. The van der Waals surface area contributed by atoms with Crippen LogP contribution in [0.4, 0.5) is 10.8 Å². The van der Waals surface area contributed by atoms with E-state index in [2.05, 4.69) is 10.3 Å². The number of hydrogen-bond acceptors (Lipinski definition) is 4. The van der Waals surface area contributed by atoms with Crippen LogP contribution >= 0.6 is 11.3 Å². The van der Waals surface area contributed by atoms with E-state index in [4.69, 9.17) is 5.11 Å². The van der Waals surface area contributed by atoms with E-state index in [1.807, 2.05) is 32.0 Å². The van der Waals surface area contributed by atoms with E-state index in [0.717, 1.165) is 21.9 Å². The summed E-state index contributed by atoms with van der Waals surface area (Å²) in [5.41, 5.74) is 3.91. The molecule has 0 unspecified atom stereocenters. The van der Waals surface area contributed by atoms with Crippen molar-refractivity contribution < 1.29 is 9.90 Å². The molecule has 0 atom stereocenters. The standard InChI is InChI=1S/C13H14N2O2S/c1-8-4-3-5-9(2)12(8)15-13-14-10(7-18-13)6-11(16)17/h3-5,7H,6H2,1-2H3,(H,14,15)(H,16,17). The molecular formula is C13H14N2O2S. The summed E-state index contributed by atoms with van der Waals surface area (Å²) in [6, 6.07) is 6.07. The Hall–Kier alpha value is -1.88. The van der Waals surface area contributed by atoms with Gasteiger partial charge in [0.15, 0.2) is 5.13 Å². The molecular weight excluding hydrogens is 248 g/mol. The van der Waals surface area contributed by atoms with E-state index in [-0.39, 0.29) is 6.42 Å². The van der Waals surface area contributed by atoms with Crippen molar-refractivity contribution in [3.05, 3.63) is 40.4 Å². The Labute approximate surface area is 109 Å². The second kappa shape index (κ2) is 5.18. The number of hydrogen-bond donors (Lipinski definition) is 2. The van der Waals surface area contributed by atoms with Crippen LogP contribution < -0.4 is 5.32 Å². The van der Waals surface area contributed by atoms with Crippen molar-refractivity contribution >= 4 is 28.1 Å². The highest BCUT2D eigenvalue weighted by atomic mass is 32.1. The lowest BCUT2D eigenvalue weighted by molar-refractivity contribution is -0.136. The second-order valence-corrected chi connectivity index (χ2v) is 4.96. The summed E-state index contributed by atoms with van der Waals surface area (Å²) in [4.78, 5) is 14.8. The Morgan fingerprint density at radius 3 is 2.67 bits per heavy atom. The third-order valence-electron chi connectivity index (χ3n) is 2.60. The molecule has 0 bridgehead atoms. The van der Waals surface area contributed by atoms with Gasteiger partial charge in [0.05, 0.1) is 12.1 Å². The van der Waals surface area contributed by atoms with Crippen LogP contribution in [0.1, 0.15) is 16.8 Å². The monoisotopic (exact) mass is 262 g/mol. The number of benzene rings is 1. The number of rotatable bonds is 4. The molecule has 0 saturated heterocycles. The molecule has 0 aliphatic heterocycles. The van der Waals surface area contributed by atoms with E-state index >= 15 is 0 Å². The second-order valence-electron chi connectivity index (χ2n) is 4.11. The number of carboxylic acid groups (broad SMARTS) is 1. The minimum atomic E-state index is -0.862. The highest BCUT2D eigenvalue weighted by molar-refractivity contribution is 7.13. The molecule has 0 fully saturated rings. The number of carboxylic acids is 1. The Morgan fingerprint density at radius 2 is 2.06 bits per heavy atom. The van der Waals surface area contributed by atoms with Crippen molar-refractivity contribution in [1.29, 1.82) is 0 Å². The molecule has 2 N–H and O–H groups in total. The average molecular weight is 262 g/mol. The summed E-state index contributed by atoms with van der Waals surface area (Å²) in [5.74, 6) is -0.862. The lowest BCUT2D eigenvalue weighted by atomic mass is 10.1. The zero-order valence-electron chi connectivity index (χ0n) is 10.2.